The van der Waals surface area contributed by atoms with Gasteiger partial charge in [0.05, 0.1) is 164 Å². The SMILES string of the molecule is C=C(NCCN(CC(=O)O)CC(=O)O)OO.C=C(S)OOCC(O)COC(=O)C(C)(C)COC.COCC(C)(C)C(=O)OCC(O)CN(CC(=O)O)CC(=O)O.COCC(C)(C)C(=O)OCC(O)CN(CCN(CC(=O)O)CC(=O)O)CC(=O)O.COCC(C)(C)C(=O)OCC(O)COP(=O)(O)O.COCC(C)(C)C(=O)OCC1CO1.COCC(C)(C)C(=O)OCC1CO1.O=C(O)CNCC(=O)O.O=C(O)CNCC(=O)O. The van der Waals surface area contributed by atoms with Crippen molar-refractivity contribution in [2.75, 3.05) is 260 Å². The van der Waals surface area contributed by atoms with Crippen LogP contribution >= 0.6 is 20.5 Å². The molecule has 2 saturated heterocycles. The lowest BCUT2D eigenvalue weighted by atomic mass is 9.95. The zero-order valence-electron chi connectivity index (χ0n) is 85.6. The first kappa shape index (κ1) is 149. The Hall–Kier alpha value is -10.5. The molecule has 2 rings (SSSR count). The molecule has 0 aliphatic carbocycles. The zero-order chi connectivity index (χ0) is 115. The predicted octanol–water partition coefficient (Wildman–Crippen LogP) is -4.26. The highest BCUT2D eigenvalue weighted by Crippen LogP contribution is 2.36. The molecule has 0 bridgehead atoms. The van der Waals surface area contributed by atoms with Gasteiger partial charge in [-0.1, -0.05) is 0 Å². The molecule has 0 spiro atoms. The van der Waals surface area contributed by atoms with Crippen LogP contribution in [0.5, 0.6) is 0 Å². The van der Waals surface area contributed by atoms with Crippen LogP contribution in [0.15, 0.2) is 24.1 Å². The maximum atomic E-state index is 12.0. The van der Waals surface area contributed by atoms with Crippen LogP contribution in [0.2, 0.25) is 0 Å². The summed E-state index contributed by atoms with van der Waals surface area (Å²) in [6.45, 7) is 23.6. The molecule has 0 radical (unpaired) electrons. The van der Waals surface area contributed by atoms with Crippen molar-refractivity contribution >= 4 is 122 Å². The highest BCUT2D eigenvalue weighted by Gasteiger charge is 2.37. The van der Waals surface area contributed by atoms with Crippen molar-refractivity contribution in [3.8, 4) is 0 Å². The third-order valence-electron chi connectivity index (χ3n) is 16.6. The number of hydrogen-bond acceptors (Lipinski definition) is 49. The number of rotatable bonds is 71. The number of hydrogen-bond donors (Lipinski definition) is 22. The van der Waals surface area contributed by atoms with Gasteiger partial charge >= 0.3 is 109 Å². The van der Waals surface area contributed by atoms with Gasteiger partial charge in [-0.15, -0.1) is 12.6 Å². The predicted molar refractivity (Wildman–Crippen MR) is 503 cm³/mol. The maximum Gasteiger partial charge on any atom is 0.469 e. The van der Waals surface area contributed by atoms with Crippen LogP contribution in [0, 0.1) is 32.5 Å². The third kappa shape index (κ3) is 96.2. The molecule has 2 fully saturated rings. The minimum absolute atomic E-state index is 0.00691. The number of aliphatic hydroxyl groups is 4. The number of nitrogens with one attached hydrogen (secondary N) is 3. The molecular formula is C84H152N7O54PS. The van der Waals surface area contributed by atoms with Crippen LogP contribution < -0.4 is 16.0 Å². The van der Waals surface area contributed by atoms with Crippen LogP contribution in [0.3, 0.4) is 0 Å². The number of ether oxygens (including phenoxy) is 14. The molecule has 858 valence electrons. The van der Waals surface area contributed by atoms with Gasteiger partial charge < -0.3 is 168 Å². The number of carboxylic acids is 11. The molecule has 2 aliphatic heterocycles. The molecule has 61 nitrogen and oxygen atoms in total. The van der Waals surface area contributed by atoms with Crippen LogP contribution in [0.4, 0.5) is 0 Å². The van der Waals surface area contributed by atoms with Crippen molar-refractivity contribution < 1.29 is 263 Å². The summed E-state index contributed by atoms with van der Waals surface area (Å²) in [7, 11) is 4.33. The van der Waals surface area contributed by atoms with Gasteiger partial charge in [0.25, 0.3) is 0 Å². The first-order valence-electron chi connectivity index (χ1n) is 43.4. The van der Waals surface area contributed by atoms with Gasteiger partial charge in [-0.3, -0.25) is 116 Å². The van der Waals surface area contributed by atoms with Gasteiger partial charge in [0, 0.05) is 81.9 Å². The van der Waals surface area contributed by atoms with Crippen molar-refractivity contribution in [3.63, 3.8) is 0 Å². The number of methoxy groups -OCH3 is 6. The quantitative estimate of drug-likeness (QED) is 0.00401. The van der Waals surface area contributed by atoms with Gasteiger partial charge in [0.15, 0.2) is 5.09 Å². The zero-order valence-corrected chi connectivity index (χ0v) is 87.4. The van der Waals surface area contributed by atoms with E-state index in [1.54, 1.807) is 97.3 Å². The third-order valence-corrected chi connectivity index (χ3v) is 17.1. The Balaban J connectivity index is -0.000000306. The Morgan fingerprint density at radius 1 is 0.361 bits per heavy atom. The standard InChI is InChI=1S/C17H30N2O10.C13H23NO8.C11H20O6S.C9H19O8P.2C9H16O4.C8H14N2O6.2C4H7NO4/c1-17(2,11-28-3)16(27)29-10-12(20)6-18(7-13(21)22)4-5-19(8-14(23)24)9-15(25)26;1-13(2,8-21-3)12(20)22-7-9(15)4-14(5-10(16)17)6-11(18)19;1-8(18)17-16-6-9(12)5-15-10(13)11(2,3)7-14-4;1-9(2,6-15-3)8(11)16-4-7(10)5-17-18(12,13)14;2*1-9(2,6-11-3)8(10)13-5-7-4-12-7;1-6(16-15)9-2-3-10(4-7(11)12)5-8(13)14;2*6-3(7)1-5-2-4(8)9/h12,20H,4-11H2,1-3H3,(H,21,22)(H,23,24)(H,25,26);9,15H,4-8H2,1-3H3,(H,16,17)(H,18,19);9,12,18H,1,5-7H2,2-4H3;7,10H,4-6H2,1-3H3,(H2,12,13,14);2*7H,4-6H2,1-3H3;9,15H,1-5H2,(H,11,12)(H,13,14);2*5H,1-2H2,(H,6,7)(H,8,9). The number of nitrogens with zero attached hydrogens (tertiary/aromatic N) is 4. The lowest BCUT2D eigenvalue weighted by Crippen LogP contribution is -2.45. The van der Waals surface area contributed by atoms with E-state index in [-0.39, 0.29) is 167 Å². The summed E-state index contributed by atoms with van der Waals surface area (Å²) in [4.78, 5) is 218. The molecule has 6 atom stereocenters. The number of carbonyl (C=O) groups is 17. The first-order chi connectivity index (χ1) is 67.6. The topological polar surface area (TPSA) is 893 Å². The van der Waals surface area contributed by atoms with E-state index >= 15 is 0 Å². The molecule has 0 saturated carbocycles. The smallest absolute Gasteiger partial charge is 0.469 e. The molecular weight excluding hydrogens is 2030 g/mol. The number of phosphoric ester groups is 1. The number of thiol groups is 1. The van der Waals surface area contributed by atoms with E-state index in [0.29, 0.717) is 39.6 Å². The summed E-state index contributed by atoms with van der Waals surface area (Å²) in [6, 6.07) is 0. The van der Waals surface area contributed by atoms with Gasteiger partial charge in [-0.2, -0.15) is 4.89 Å². The minimum atomic E-state index is -4.63. The van der Waals surface area contributed by atoms with Crippen molar-refractivity contribution in [1.29, 1.82) is 0 Å². The van der Waals surface area contributed by atoms with Crippen molar-refractivity contribution in [3.05, 3.63) is 24.1 Å². The summed E-state index contributed by atoms with van der Waals surface area (Å²) in [5, 5.41) is 147. The summed E-state index contributed by atoms with van der Waals surface area (Å²) in [5.41, 5.74) is -4.54. The van der Waals surface area contributed by atoms with E-state index < -0.39 is 200 Å². The Labute approximate surface area is 853 Å². The van der Waals surface area contributed by atoms with E-state index in [4.69, 9.17) is 138 Å². The molecule has 147 heavy (non-hydrogen) atoms. The molecule has 63 heteroatoms. The normalized spacial score (nSPS) is 13.7. The highest BCUT2D eigenvalue weighted by molar-refractivity contribution is 7.84. The fraction of sp³-hybridized carbons (Fsp3) is 0.750. The molecule has 0 aromatic heterocycles. The Morgan fingerprint density at radius 2 is 0.592 bits per heavy atom. The van der Waals surface area contributed by atoms with Crippen LogP contribution in [-0.4, -0.2) is 509 Å². The average molecular weight is 2190 g/mol. The van der Waals surface area contributed by atoms with E-state index in [1.807, 2.05) is 0 Å². The molecule has 2 heterocycles. The highest BCUT2D eigenvalue weighted by atomic mass is 32.1. The molecule has 2 aliphatic rings. The first-order valence-corrected chi connectivity index (χ1v) is 45.4. The van der Waals surface area contributed by atoms with Gasteiger partial charge in [-0.05, 0) is 96.2 Å². The fourth-order valence-electron chi connectivity index (χ4n) is 9.61. The number of epoxide rings is 2. The summed E-state index contributed by atoms with van der Waals surface area (Å²) >= 11 is 3.72. The molecule has 0 aromatic rings. The number of phosphoric acid groups is 1. The number of aliphatic hydroxyl groups excluding tert-OH is 4. The monoisotopic (exact) mass is 2190 g/mol. The van der Waals surface area contributed by atoms with E-state index in [9.17, 15) is 106 Å². The number of aliphatic carboxylic acids is 11. The van der Waals surface area contributed by atoms with Crippen molar-refractivity contribution in [2.24, 2.45) is 32.5 Å². The molecule has 6 unspecified atom stereocenters. The van der Waals surface area contributed by atoms with Crippen LogP contribution in [0.25, 0.3) is 0 Å². The Morgan fingerprint density at radius 3 is 0.830 bits per heavy atom. The number of esters is 6. The Kier molecular flexibility index (Phi) is 83.8. The summed E-state index contributed by atoms with van der Waals surface area (Å²) < 4.78 is 83.4. The lowest BCUT2D eigenvalue weighted by Gasteiger charge is -2.27. The lowest BCUT2D eigenvalue weighted by molar-refractivity contribution is -0.268. The van der Waals surface area contributed by atoms with Crippen molar-refractivity contribution in [1.82, 2.24) is 35.6 Å². The second-order valence-electron chi connectivity index (χ2n) is 34.9. The summed E-state index contributed by atoms with van der Waals surface area (Å²) in [5.74, 6) is -15.3. The molecule has 0 amide bonds. The van der Waals surface area contributed by atoms with Crippen LogP contribution in [0.1, 0.15) is 83.1 Å². The summed E-state index contributed by atoms with van der Waals surface area (Å²) in [6.07, 6.45) is -4.42. The second-order valence-corrected chi connectivity index (χ2v) is 36.6. The van der Waals surface area contributed by atoms with Gasteiger partial charge in [0.2, 0.25) is 5.88 Å². The van der Waals surface area contributed by atoms with Gasteiger partial charge in [-0.25, -0.2) is 9.82 Å². The number of carboxylic acid groups (broad SMARTS) is 11. The largest absolute Gasteiger partial charge is 0.480 e. The van der Waals surface area contributed by atoms with E-state index in [2.05, 4.69) is 60.9 Å². The molecule has 21 N–H and O–H groups in total. The second kappa shape index (κ2) is 82.4. The van der Waals surface area contributed by atoms with E-state index in [1.165, 1.54) is 38.2 Å². The molecule has 0 aromatic carbocycles. The van der Waals surface area contributed by atoms with E-state index in [0.717, 1.165) is 9.80 Å². The maximum absolute atomic E-state index is 12.0. The number of carbonyl (C=O) groups excluding carboxylic acids is 6. The van der Waals surface area contributed by atoms with Gasteiger partial charge in [0.1, 0.15) is 82.9 Å². The minimum Gasteiger partial charge on any atom is -0.480 e. The van der Waals surface area contributed by atoms with Crippen molar-refractivity contribution in [2.45, 2.75) is 120 Å². The average Bonchev–Trinajstić information content (AvgIpc) is 1.57. The van der Waals surface area contributed by atoms with Crippen LogP contribution in [-0.2, 0) is 172 Å². The Bertz CT molecular complexity index is 3790. The fourth-order valence-corrected chi connectivity index (χ4v) is 10.0.